The molecule has 2 atom stereocenters. The lowest BCUT2D eigenvalue weighted by molar-refractivity contribution is -0.121. The van der Waals surface area contributed by atoms with Crippen LogP contribution in [0.3, 0.4) is 0 Å². The van der Waals surface area contributed by atoms with E-state index in [9.17, 15) is 14.4 Å². The standard InChI is InChI=1S/C28H26ClN3O5/c1-36-20-7-3-16(4-8-20)26(33)30-19-11-12-32-24(15-19)27(34)31-23-9-5-17(13-22(23)28(32)35)21-14-18(29)6-10-25(21)37-2/h3-10,13-14,19,24H,11-12,15H2,1-2H3,(H,30,33)(H,31,34). The van der Waals surface area contributed by atoms with Gasteiger partial charge in [0.05, 0.1) is 25.5 Å². The molecule has 3 amide bonds. The van der Waals surface area contributed by atoms with E-state index in [1.54, 1.807) is 73.7 Å². The summed E-state index contributed by atoms with van der Waals surface area (Å²) in [5.74, 6) is 0.547. The van der Waals surface area contributed by atoms with Crippen molar-refractivity contribution in [3.63, 3.8) is 0 Å². The first kappa shape index (κ1) is 24.6. The topological polar surface area (TPSA) is 97.0 Å². The van der Waals surface area contributed by atoms with Crippen LogP contribution in [0.5, 0.6) is 11.5 Å². The van der Waals surface area contributed by atoms with Crippen LogP contribution >= 0.6 is 11.6 Å². The summed E-state index contributed by atoms with van der Waals surface area (Å²) in [5.41, 5.74) is 2.85. The van der Waals surface area contributed by atoms with Crippen LogP contribution in [-0.4, -0.2) is 55.5 Å². The quantitative estimate of drug-likeness (QED) is 0.521. The molecule has 5 rings (SSSR count). The van der Waals surface area contributed by atoms with Gasteiger partial charge >= 0.3 is 0 Å². The van der Waals surface area contributed by atoms with Gasteiger partial charge in [-0.15, -0.1) is 0 Å². The molecule has 2 unspecified atom stereocenters. The van der Waals surface area contributed by atoms with E-state index in [4.69, 9.17) is 21.1 Å². The fourth-order valence-electron chi connectivity index (χ4n) is 4.87. The number of ether oxygens (including phenoxy) is 2. The SMILES string of the molecule is COc1ccc(C(=O)NC2CCN3C(=O)c4cc(-c5cc(Cl)ccc5OC)ccc4NC(=O)C3C2)cc1. The number of hydrogen-bond acceptors (Lipinski definition) is 5. The van der Waals surface area contributed by atoms with Gasteiger partial charge in [-0.3, -0.25) is 14.4 Å². The second-order valence-electron chi connectivity index (χ2n) is 9.03. The van der Waals surface area contributed by atoms with Gasteiger partial charge in [0.1, 0.15) is 17.5 Å². The van der Waals surface area contributed by atoms with E-state index in [1.165, 1.54) is 0 Å². The number of hydrogen-bond donors (Lipinski definition) is 2. The number of methoxy groups -OCH3 is 2. The van der Waals surface area contributed by atoms with E-state index < -0.39 is 6.04 Å². The molecule has 0 bridgehead atoms. The van der Waals surface area contributed by atoms with E-state index in [2.05, 4.69) is 10.6 Å². The first-order valence-corrected chi connectivity index (χ1v) is 12.3. The van der Waals surface area contributed by atoms with Gasteiger partial charge in [-0.25, -0.2) is 0 Å². The van der Waals surface area contributed by atoms with Crippen LogP contribution in [-0.2, 0) is 4.79 Å². The number of piperidine rings is 1. The van der Waals surface area contributed by atoms with E-state index in [0.717, 1.165) is 11.1 Å². The zero-order valence-electron chi connectivity index (χ0n) is 20.4. The third-order valence-electron chi connectivity index (χ3n) is 6.83. The van der Waals surface area contributed by atoms with Crippen molar-refractivity contribution >= 4 is 35.0 Å². The van der Waals surface area contributed by atoms with Crippen LogP contribution in [0, 0.1) is 0 Å². The highest BCUT2D eigenvalue weighted by Crippen LogP contribution is 2.36. The molecule has 3 aromatic rings. The van der Waals surface area contributed by atoms with Crippen LogP contribution in [0.2, 0.25) is 5.02 Å². The number of nitrogens with zero attached hydrogens (tertiary/aromatic N) is 1. The third-order valence-corrected chi connectivity index (χ3v) is 7.07. The number of carbonyl (C=O) groups is 3. The van der Waals surface area contributed by atoms with Gasteiger partial charge in [0.25, 0.3) is 11.8 Å². The molecule has 0 aliphatic carbocycles. The van der Waals surface area contributed by atoms with Crippen molar-refractivity contribution in [1.29, 1.82) is 0 Å². The molecule has 190 valence electrons. The van der Waals surface area contributed by atoms with Crippen LogP contribution in [0.1, 0.15) is 33.6 Å². The number of anilines is 1. The van der Waals surface area contributed by atoms with Gasteiger partial charge in [0, 0.05) is 28.7 Å². The Morgan fingerprint density at radius 3 is 2.51 bits per heavy atom. The fraction of sp³-hybridized carbons (Fsp3) is 0.250. The molecule has 37 heavy (non-hydrogen) atoms. The predicted molar refractivity (Wildman–Crippen MR) is 140 cm³/mol. The van der Waals surface area contributed by atoms with E-state index in [0.29, 0.717) is 52.7 Å². The molecule has 1 saturated heterocycles. The van der Waals surface area contributed by atoms with Gasteiger partial charge in [-0.2, -0.15) is 0 Å². The Morgan fingerprint density at radius 1 is 1.00 bits per heavy atom. The monoisotopic (exact) mass is 519 g/mol. The zero-order valence-corrected chi connectivity index (χ0v) is 21.2. The molecule has 0 radical (unpaired) electrons. The van der Waals surface area contributed by atoms with Gasteiger partial charge < -0.3 is 25.0 Å². The Labute approximate surface area is 219 Å². The van der Waals surface area contributed by atoms with Gasteiger partial charge in [-0.1, -0.05) is 17.7 Å². The molecule has 0 saturated carbocycles. The van der Waals surface area contributed by atoms with Gasteiger partial charge in [0.15, 0.2) is 0 Å². The summed E-state index contributed by atoms with van der Waals surface area (Å²) in [6.45, 7) is 0.342. The van der Waals surface area contributed by atoms with E-state index in [1.807, 2.05) is 6.07 Å². The molecule has 9 heteroatoms. The number of halogens is 1. The maximum absolute atomic E-state index is 13.6. The second kappa shape index (κ2) is 10.1. The Bertz CT molecular complexity index is 1370. The first-order valence-electron chi connectivity index (χ1n) is 11.9. The minimum Gasteiger partial charge on any atom is -0.497 e. The molecule has 3 aromatic carbocycles. The Hall–Kier alpha value is -4.04. The van der Waals surface area contributed by atoms with Crippen molar-refractivity contribution in [2.75, 3.05) is 26.1 Å². The van der Waals surface area contributed by atoms with Crippen LogP contribution in [0.4, 0.5) is 5.69 Å². The van der Waals surface area contributed by atoms with E-state index >= 15 is 0 Å². The van der Waals surface area contributed by atoms with Crippen molar-refractivity contribution in [2.45, 2.75) is 24.9 Å². The van der Waals surface area contributed by atoms with Crippen molar-refractivity contribution < 1.29 is 23.9 Å². The van der Waals surface area contributed by atoms with Gasteiger partial charge in [-0.05, 0) is 73.0 Å². The average molecular weight is 520 g/mol. The lowest BCUT2D eigenvalue weighted by Gasteiger charge is -2.37. The molecule has 2 aliphatic heterocycles. The van der Waals surface area contributed by atoms with Crippen molar-refractivity contribution in [3.05, 3.63) is 76.8 Å². The number of carbonyl (C=O) groups excluding carboxylic acids is 3. The largest absolute Gasteiger partial charge is 0.497 e. The van der Waals surface area contributed by atoms with Crippen molar-refractivity contribution in [2.24, 2.45) is 0 Å². The number of rotatable bonds is 5. The summed E-state index contributed by atoms with van der Waals surface area (Å²) in [6.07, 6.45) is 0.858. The van der Waals surface area contributed by atoms with Crippen LogP contribution in [0.25, 0.3) is 11.1 Å². The normalized spacial score (nSPS) is 18.7. The van der Waals surface area contributed by atoms with Crippen LogP contribution < -0.4 is 20.1 Å². The molecular weight excluding hydrogens is 494 g/mol. The summed E-state index contributed by atoms with van der Waals surface area (Å²) < 4.78 is 10.6. The summed E-state index contributed by atoms with van der Waals surface area (Å²) in [6, 6.07) is 16.5. The summed E-state index contributed by atoms with van der Waals surface area (Å²) in [4.78, 5) is 41.1. The number of nitrogens with one attached hydrogen (secondary N) is 2. The molecule has 2 aliphatic rings. The van der Waals surface area contributed by atoms with Crippen molar-refractivity contribution in [1.82, 2.24) is 10.2 Å². The minimum absolute atomic E-state index is 0.232. The second-order valence-corrected chi connectivity index (χ2v) is 9.47. The molecule has 2 N–H and O–H groups in total. The highest BCUT2D eigenvalue weighted by atomic mass is 35.5. The molecule has 2 heterocycles. The number of fused-ring (bicyclic) bond motifs is 2. The summed E-state index contributed by atoms with van der Waals surface area (Å²) >= 11 is 6.21. The molecule has 1 fully saturated rings. The molecular formula is C28H26ClN3O5. The molecule has 0 aromatic heterocycles. The Balaban J connectivity index is 1.36. The van der Waals surface area contributed by atoms with Crippen molar-refractivity contribution in [3.8, 4) is 22.6 Å². The predicted octanol–water partition coefficient (Wildman–Crippen LogP) is 4.38. The maximum Gasteiger partial charge on any atom is 0.256 e. The number of amides is 3. The smallest absolute Gasteiger partial charge is 0.256 e. The summed E-state index contributed by atoms with van der Waals surface area (Å²) in [5, 5.41) is 6.46. The summed E-state index contributed by atoms with van der Waals surface area (Å²) in [7, 11) is 3.14. The maximum atomic E-state index is 13.6. The Morgan fingerprint density at radius 2 is 1.78 bits per heavy atom. The average Bonchev–Trinajstić information content (AvgIpc) is 3.02. The highest BCUT2D eigenvalue weighted by molar-refractivity contribution is 6.31. The molecule has 8 nitrogen and oxygen atoms in total. The Kier molecular flexibility index (Phi) is 6.76. The minimum atomic E-state index is -0.695. The van der Waals surface area contributed by atoms with Crippen LogP contribution in [0.15, 0.2) is 60.7 Å². The van der Waals surface area contributed by atoms with E-state index in [-0.39, 0.29) is 23.8 Å². The fourth-order valence-corrected chi connectivity index (χ4v) is 5.05. The van der Waals surface area contributed by atoms with Gasteiger partial charge in [0.2, 0.25) is 5.91 Å². The lowest BCUT2D eigenvalue weighted by Crippen LogP contribution is -2.55. The first-order chi connectivity index (χ1) is 17.9. The molecule has 0 spiro atoms. The zero-order chi connectivity index (χ0) is 26.1. The number of benzene rings is 3. The highest BCUT2D eigenvalue weighted by Gasteiger charge is 2.40. The third kappa shape index (κ3) is 4.84. The lowest BCUT2D eigenvalue weighted by atomic mass is 9.95.